The zero-order valence-corrected chi connectivity index (χ0v) is 11.9. The van der Waals surface area contributed by atoms with Gasteiger partial charge in [0.25, 0.3) is 0 Å². The van der Waals surface area contributed by atoms with Crippen molar-refractivity contribution in [2.75, 3.05) is 11.9 Å². The second kappa shape index (κ2) is 5.87. The molecule has 0 saturated carbocycles. The third-order valence-electron chi connectivity index (χ3n) is 3.57. The highest BCUT2D eigenvalue weighted by Gasteiger charge is 2.22. The fourth-order valence-corrected chi connectivity index (χ4v) is 2.45. The highest BCUT2D eigenvalue weighted by atomic mass is 16.5. The molecule has 0 saturated heterocycles. The Kier molecular flexibility index (Phi) is 3.77. The quantitative estimate of drug-likeness (QED) is 0.883. The minimum atomic E-state index is -0.194. The first-order chi connectivity index (χ1) is 10.2. The van der Waals surface area contributed by atoms with Crippen molar-refractivity contribution >= 4 is 11.7 Å². The van der Waals surface area contributed by atoms with E-state index in [9.17, 15) is 4.79 Å². The number of carbonyl (C=O) groups is 1. The van der Waals surface area contributed by atoms with Gasteiger partial charge in [-0.15, -0.1) is 0 Å². The number of carbonyl (C=O) groups excluding carboxylic acids is 1. The largest absolute Gasteiger partial charge is 0.493 e. The first kappa shape index (κ1) is 13.5. The van der Waals surface area contributed by atoms with E-state index in [4.69, 9.17) is 4.74 Å². The molecule has 2 amide bonds. The maximum atomic E-state index is 12.1. The van der Waals surface area contributed by atoms with Crippen LogP contribution < -0.4 is 15.4 Å². The summed E-state index contributed by atoms with van der Waals surface area (Å²) in [5.74, 6) is 0.851. The van der Waals surface area contributed by atoms with Gasteiger partial charge < -0.3 is 15.4 Å². The molecule has 1 atom stereocenters. The van der Waals surface area contributed by atoms with Crippen molar-refractivity contribution in [3.05, 3.63) is 59.7 Å². The fourth-order valence-electron chi connectivity index (χ4n) is 2.45. The summed E-state index contributed by atoms with van der Waals surface area (Å²) in [7, 11) is 0. The van der Waals surface area contributed by atoms with Crippen molar-refractivity contribution in [2.24, 2.45) is 0 Å². The minimum absolute atomic E-state index is 0.0135. The van der Waals surface area contributed by atoms with Gasteiger partial charge in [-0.1, -0.05) is 35.9 Å². The second-order valence-corrected chi connectivity index (χ2v) is 5.19. The predicted molar refractivity (Wildman–Crippen MR) is 82.6 cm³/mol. The lowest BCUT2D eigenvalue weighted by atomic mass is 10.0. The molecule has 1 heterocycles. The van der Waals surface area contributed by atoms with E-state index in [1.165, 1.54) is 5.56 Å². The fraction of sp³-hybridized carbons (Fsp3) is 0.235. The highest BCUT2D eigenvalue weighted by molar-refractivity contribution is 5.89. The Morgan fingerprint density at radius 2 is 1.90 bits per heavy atom. The van der Waals surface area contributed by atoms with Crippen LogP contribution in [-0.4, -0.2) is 12.6 Å². The van der Waals surface area contributed by atoms with E-state index in [0.717, 1.165) is 23.4 Å². The number of nitrogens with one attached hydrogen (secondary N) is 2. The lowest BCUT2D eigenvalue weighted by Gasteiger charge is -2.26. The Bertz CT molecular complexity index is 637. The van der Waals surface area contributed by atoms with Crippen molar-refractivity contribution < 1.29 is 9.53 Å². The molecule has 0 radical (unpaired) electrons. The second-order valence-electron chi connectivity index (χ2n) is 5.19. The smallest absolute Gasteiger partial charge is 0.319 e. The van der Waals surface area contributed by atoms with Crippen molar-refractivity contribution in [1.29, 1.82) is 0 Å². The molecule has 108 valence electrons. The lowest BCUT2D eigenvalue weighted by molar-refractivity contribution is 0.232. The molecule has 4 nitrogen and oxygen atoms in total. The van der Waals surface area contributed by atoms with Crippen LogP contribution >= 0.6 is 0 Å². The molecule has 4 heteroatoms. The molecular formula is C17H18N2O2. The predicted octanol–water partition coefficient (Wildman–Crippen LogP) is 3.64. The number of aryl methyl sites for hydroxylation is 1. The number of amides is 2. The highest BCUT2D eigenvalue weighted by Crippen LogP contribution is 2.31. The van der Waals surface area contributed by atoms with Gasteiger partial charge in [0.2, 0.25) is 0 Å². The number of urea groups is 1. The molecule has 3 rings (SSSR count). The average molecular weight is 282 g/mol. The lowest BCUT2D eigenvalue weighted by Crippen LogP contribution is -2.35. The van der Waals surface area contributed by atoms with Gasteiger partial charge in [-0.2, -0.15) is 0 Å². The van der Waals surface area contributed by atoms with Gasteiger partial charge >= 0.3 is 6.03 Å². The van der Waals surface area contributed by atoms with Crippen molar-refractivity contribution in [1.82, 2.24) is 5.32 Å². The van der Waals surface area contributed by atoms with Crippen LogP contribution in [-0.2, 0) is 0 Å². The van der Waals surface area contributed by atoms with Crippen LogP contribution in [0, 0.1) is 6.92 Å². The molecule has 2 aromatic carbocycles. The van der Waals surface area contributed by atoms with E-state index >= 15 is 0 Å². The van der Waals surface area contributed by atoms with Crippen LogP contribution in [0.2, 0.25) is 0 Å². The number of hydrogen-bond acceptors (Lipinski definition) is 2. The minimum Gasteiger partial charge on any atom is -0.493 e. The van der Waals surface area contributed by atoms with Crippen LogP contribution in [0.3, 0.4) is 0 Å². The summed E-state index contributed by atoms with van der Waals surface area (Å²) in [6, 6.07) is 15.3. The maximum Gasteiger partial charge on any atom is 0.319 e. The molecule has 0 spiro atoms. The Labute approximate surface area is 124 Å². The van der Waals surface area contributed by atoms with Gasteiger partial charge in [0.15, 0.2) is 0 Å². The Morgan fingerprint density at radius 1 is 1.14 bits per heavy atom. The topological polar surface area (TPSA) is 50.4 Å². The molecule has 0 fully saturated rings. The first-order valence-electron chi connectivity index (χ1n) is 7.08. The van der Waals surface area contributed by atoms with Crippen LogP contribution in [0.15, 0.2) is 48.5 Å². The molecule has 0 unspecified atom stereocenters. The molecule has 0 bridgehead atoms. The van der Waals surface area contributed by atoms with Gasteiger partial charge in [-0.25, -0.2) is 4.79 Å². The van der Waals surface area contributed by atoms with E-state index in [1.54, 1.807) is 0 Å². The van der Waals surface area contributed by atoms with E-state index in [0.29, 0.717) is 6.61 Å². The average Bonchev–Trinajstić information content (AvgIpc) is 2.50. The molecule has 0 aliphatic carbocycles. The number of hydrogen-bond donors (Lipinski definition) is 2. The van der Waals surface area contributed by atoms with Gasteiger partial charge in [0, 0.05) is 17.7 Å². The SMILES string of the molecule is Cc1ccc(NC(=O)N[C@@H]2CCOc3ccccc32)cc1. The molecule has 2 N–H and O–H groups in total. The third-order valence-corrected chi connectivity index (χ3v) is 3.57. The van der Waals surface area contributed by atoms with Crippen molar-refractivity contribution in [2.45, 2.75) is 19.4 Å². The number of anilines is 1. The first-order valence-corrected chi connectivity index (χ1v) is 7.08. The molecule has 0 aromatic heterocycles. The van der Waals surface area contributed by atoms with Crippen LogP contribution in [0.4, 0.5) is 10.5 Å². The number of fused-ring (bicyclic) bond motifs is 1. The van der Waals surface area contributed by atoms with Crippen molar-refractivity contribution in [3.63, 3.8) is 0 Å². The number of benzene rings is 2. The zero-order chi connectivity index (χ0) is 14.7. The number of ether oxygens (including phenoxy) is 1. The van der Waals surface area contributed by atoms with E-state index in [-0.39, 0.29) is 12.1 Å². The van der Waals surface area contributed by atoms with Gasteiger partial charge in [-0.3, -0.25) is 0 Å². The standard InChI is InChI=1S/C17H18N2O2/c1-12-6-8-13(9-7-12)18-17(20)19-15-10-11-21-16-5-3-2-4-14(15)16/h2-9,15H,10-11H2,1H3,(H2,18,19,20)/t15-/m1/s1. The summed E-state index contributed by atoms with van der Waals surface area (Å²) < 4.78 is 5.59. The molecule has 2 aromatic rings. The molecular weight excluding hydrogens is 264 g/mol. The van der Waals surface area contributed by atoms with E-state index < -0.39 is 0 Å². The monoisotopic (exact) mass is 282 g/mol. The Hall–Kier alpha value is -2.49. The molecule has 1 aliphatic rings. The summed E-state index contributed by atoms with van der Waals surface area (Å²) in [5, 5.41) is 5.86. The normalized spacial score (nSPS) is 16.5. The van der Waals surface area contributed by atoms with Crippen LogP contribution in [0.1, 0.15) is 23.6 Å². The summed E-state index contributed by atoms with van der Waals surface area (Å²) in [6.45, 7) is 2.63. The summed E-state index contributed by atoms with van der Waals surface area (Å²) in [4.78, 5) is 12.1. The Morgan fingerprint density at radius 3 is 2.71 bits per heavy atom. The Balaban J connectivity index is 1.67. The molecule has 21 heavy (non-hydrogen) atoms. The summed E-state index contributed by atoms with van der Waals surface area (Å²) in [5.41, 5.74) is 2.99. The molecule has 1 aliphatic heterocycles. The van der Waals surface area contributed by atoms with Gasteiger partial charge in [0.05, 0.1) is 12.6 Å². The van der Waals surface area contributed by atoms with Crippen LogP contribution in [0.5, 0.6) is 5.75 Å². The summed E-state index contributed by atoms with van der Waals surface area (Å²) >= 11 is 0. The van der Waals surface area contributed by atoms with E-state index in [2.05, 4.69) is 10.6 Å². The maximum absolute atomic E-state index is 12.1. The van der Waals surface area contributed by atoms with Gasteiger partial charge in [-0.05, 0) is 25.1 Å². The van der Waals surface area contributed by atoms with E-state index in [1.807, 2.05) is 55.5 Å². The summed E-state index contributed by atoms with van der Waals surface area (Å²) in [6.07, 6.45) is 0.776. The zero-order valence-electron chi connectivity index (χ0n) is 11.9. The number of para-hydroxylation sites is 1. The van der Waals surface area contributed by atoms with Crippen LogP contribution in [0.25, 0.3) is 0 Å². The number of rotatable bonds is 2. The van der Waals surface area contributed by atoms with Gasteiger partial charge in [0.1, 0.15) is 5.75 Å². The van der Waals surface area contributed by atoms with Crippen molar-refractivity contribution in [3.8, 4) is 5.75 Å². The third kappa shape index (κ3) is 3.16.